The van der Waals surface area contributed by atoms with Gasteiger partial charge in [0.05, 0.1) is 12.7 Å². The Morgan fingerprint density at radius 1 is 1.28 bits per heavy atom. The summed E-state index contributed by atoms with van der Waals surface area (Å²) >= 11 is 0. The highest BCUT2D eigenvalue weighted by molar-refractivity contribution is 5.77. The van der Waals surface area contributed by atoms with Gasteiger partial charge in [0.1, 0.15) is 23.1 Å². The Bertz CT molecular complexity index is 1420. The molecule has 0 aliphatic carbocycles. The number of nitrogens with two attached hydrogens (primary N) is 1. The Labute approximate surface area is 184 Å². The van der Waals surface area contributed by atoms with E-state index in [-0.39, 0.29) is 18.1 Å². The van der Waals surface area contributed by atoms with Crippen molar-refractivity contribution in [1.29, 1.82) is 0 Å². The lowest BCUT2D eigenvalue weighted by Crippen LogP contribution is -2.44. The van der Waals surface area contributed by atoms with Crippen LogP contribution in [0.2, 0.25) is 0 Å². The number of hydrogen-bond acceptors (Lipinski definition) is 7. The van der Waals surface area contributed by atoms with E-state index in [1.807, 2.05) is 29.7 Å². The molecule has 1 aliphatic heterocycles. The van der Waals surface area contributed by atoms with Gasteiger partial charge in [0, 0.05) is 19.1 Å². The topological polar surface area (TPSA) is 108 Å². The van der Waals surface area contributed by atoms with Crippen LogP contribution in [-0.2, 0) is 13.1 Å². The third kappa shape index (κ3) is 3.63. The van der Waals surface area contributed by atoms with Crippen LogP contribution in [0.5, 0.6) is 0 Å². The van der Waals surface area contributed by atoms with E-state index >= 15 is 0 Å². The van der Waals surface area contributed by atoms with Gasteiger partial charge in [0.15, 0.2) is 5.58 Å². The Balaban J connectivity index is 1.57. The molecule has 164 valence electrons. The van der Waals surface area contributed by atoms with Crippen LogP contribution in [0.3, 0.4) is 0 Å². The smallest absolute Gasteiger partial charge is 0.293 e. The van der Waals surface area contributed by atoms with Crippen LogP contribution in [0, 0.1) is 18.8 Å². The average molecular weight is 432 g/mol. The number of anilines is 1. The fourth-order valence-electron chi connectivity index (χ4n) is 4.21. The molecule has 1 aromatic carbocycles. The number of oxazole rings is 1. The van der Waals surface area contributed by atoms with Crippen LogP contribution >= 0.6 is 0 Å². The van der Waals surface area contributed by atoms with Gasteiger partial charge >= 0.3 is 0 Å². The van der Waals surface area contributed by atoms with Crippen molar-refractivity contribution in [2.24, 2.45) is 5.73 Å². The van der Waals surface area contributed by atoms with Gasteiger partial charge in [-0.15, -0.1) is 5.92 Å². The predicted octanol–water partition coefficient (Wildman–Crippen LogP) is 2.04. The standard InChI is InChI=1S/C23H25N7O2/c1-3-4-10-29-21-18(27-23(29)28-9-5-6-16(24)13-28)12-25-30(22(21)31)14-20-26-17-11-15(2)7-8-19(17)32-20/h7-8,11-12,16H,5-6,9-10,13-14,24H2,1-2H3/t16-/m1/s1. The minimum absolute atomic E-state index is 0.0897. The second-order valence-electron chi connectivity index (χ2n) is 8.19. The molecule has 1 aliphatic rings. The molecule has 9 nitrogen and oxygen atoms in total. The first-order valence-electron chi connectivity index (χ1n) is 10.8. The summed E-state index contributed by atoms with van der Waals surface area (Å²) in [5, 5.41) is 4.33. The van der Waals surface area contributed by atoms with Gasteiger partial charge in [-0.25, -0.2) is 14.6 Å². The Kier molecular flexibility index (Phi) is 5.15. The van der Waals surface area contributed by atoms with E-state index in [1.165, 1.54) is 4.68 Å². The summed E-state index contributed by atoms with van der Waals surface area (Å²) < 4.78 is 9.06. The highest BCUT2D eigenvalue weighted by Crippen LogP contribution is 2.23. The van der Waals surface area contributed by atoms with E-state index in [4.69, 9.17) is 15.1 Å². The average Bonchev–Trinajstić information content (AvgIpc) is 3.35. The van der Waals surface area contributed by atoms with E-state index in [0.29, 0.717) is 41.5 Å². The number of aromatic nitrogens is 5. The summed E-state index contributed by atoms with van der Waals surface area (Å²) in [6.07, 6.45) is 3.60. The van der Waals surface area contributed by atoms with Gasteiger partial charge in [-0.05, 0) is 44.4 Å². The van der Waals surface area contributed by atoms with Crippen LogP contribution in [-0.4, -0.2) is 43.4 Å². The van der Waals surface area contributed by atoms with E-state index in [9.17, 15) is 4.79 Å². The molecule has 1 atom stereocenters. The summed E-state index contributed by atoms with van der Waals surface area (Å²) in [6, 6.07) is 5.89. The van der Waals surface area contributed by atoms with Crippen molar-refractivity contribution < 1.29 is 4.42 Å². The van der Waals surface area contributed by atoms with Crippen molar-refractivity contribution in [3.63, 3.8) is 0 Å². The number of piperidine rings is 1. The van der Waals surface area contributed by atoms with Crippen molar-refractivity contribution in [3.05, 3.63) is 46.2 Å². The van der Waals surface area contributed by atoms with E-state index < -0.39 is 0 Å². The first-order valence-corrected chi connectivity index (χ1v) is 10.8. The summed E-state index contributed by atoms with van der Waals surface area (Å²) in [5.74, 6) is 7.13. The molecule has 32 heavy (non-hydrogen) atoms. The summed E-state index contributed by atoms with van der Waals surface area (Å²) in [4.78, 5) is 24.8. The largest absolute Gasteiger partial charge is 0.439 e. The molecule has 5 rings (SSSR count). The molecule has 2 N–H and O–H groups in total. The highest BCUT2D eigenvalue weighted by atomic mass is 16.3. The molecule has 4 aromatic rings. The molecule has 9 heteroatoms. The van der Waals surface area contributed by atoms with Crippen molar-refractivity contribution >= 4 is 28.1 Å². The molecule has 4 heterocycles. The van der Waals surface area contributed by atoms with Gasteiger partial charge < -0.3 is 15.1 Å². The summed E-state index contributed by atoms with van der Waals surface area (Å²) in [7, 11) is 0. The van der Waals surface area contributed by atoms with Gasteiger partial charge in [0.25, 0.3) is 5.56 Å². The molecule has 1 fully saturated rings. The normalized spacial score (nSPS) is 16.5. The van der Waals surface area contributed by atoms with E-state index in [0.717, 1.165) is 30.5 Å². The quantitative estimate of drug-likeness (QED) is 0.493. The lowest BCUT2D eigenvalue weighted by molar-refractivity contribution is 0.482. The number of nitrogens with zero attached hydrogens (tertiary/aromatic N) is 6. The van der Waals surface area contributed by atoms with E-state index in [1.54, 1.807) is 13.1 Å². The number of fused-ring (bicyclic) bond motifs is 2. The number of hydrogen-bond donors (Lipinski definition) is 1. The van der Waals surface area contributed by atoms with Crippen LogP contribution < -0.4 is 16.2 Å². The number of benzene rings is 1. The summed E-state index contributed by atoms with van der Waals surface area (Å²) in [6.45, 7) is 5.84. The minimum Gasteiger partial charge on any atom is -0.439 e. The molecular weight excluding hydrogens is 406 g/mol. The molecule has 0 saturated carbocycles. The molecule has 0 unspecified atom stereocenters. The van der Waals surface area contributed by atoms with Crippen LogP contribution in [0.4, 0.5) is 5.95 Å². The second-order valence-corrected chi connectivity index (χ2v) is 8.19. The number of aryl methyl sites for hydroxylation is 1. The fourth-order valence-corrected chi connectivity index (χ4v) is 4.21. The Hall–Kier alpha value is -3.64. The maximum atomic E-state index is 13.4. The van der Waals surface area contributed by atoms with Gasteiger partial charge in [-0.2, -0.15) is 5.10 Å². The van der Waals surface area contributed by atoms with Crippen molar-refractivity contribution in [2.45, 2.75) is 45.8 Å². The zero-order valence-electron chi connectivity index (χ0n) is 18.2. The predicted molar refractivity (Wildman–Crippen MR) is 123 cm³/mol. The van der Waals surface area contributed by atoms with Crippen LogP contribution in [0.15, 0.2) is 33.6 Å². The molecule has 0 amide bonds. The second kappa shape index (κ2) is 8.13. The van der Waals surface area contributed by atoms with Crippen LogP contribution in [0.1, 0.15) is 31.2 Å². The van der Waals surface area contributed by atoms with Crippen molar-refractivity contribution in [2.75, 3.05) is 18.0 Å². The zero-order valence-corrected chi connectivity index (χ0v) is 18.2. The molecular formula is C23H25N7O2. The first kappa shape index (κ1) is 20.3. The van der Waals surface area contributed by atoms with Gasteiger partial charge in [-0.1, -0.05) is 12.0 Å². The SMILES string of the molecule is CC#CCn1c(N2CCC[C@@H](N)C2)nc2cnn(Cc3nc4cc(C)ccc4o3)c(=O)c21. The zero-order chi connectivity index (χ0) is 22.2. The van der Waals surface area contributed by atoms with Gasteiger partial charge in [0.2, 0.25) is 11.8 Å². The highest BCUT2D eigenvalue weighted by Gasteiger charge is 2.24. The molecule has 0 bridgehead atoms. The first-order chi connectivity index (χ1) is 15.5. The lowest BCUT2D eigenvalue weighted by atomic mass is 10.1. The molecule has 3 aromatic heterocycles. The summed E-state index contributed by atoms with van der Waals surface area (Å²) in [5.41, 5.74) is 9.51. The Morgan fingerprint density at radius 3 is 2.97 bits per heavy atom. The molecule has 1 saturated heterocycles. The maximum Gasteiger partial charge on any atom is 0.293 e. The monoisotopic (exact) mass is 431 g/mol. The number of rotatable bonds is 4. The maximum absolute atomic E-state index is 13.4. The fraction of sp³-hybridized carbons (Fsp3) is 0.391. The Morgan fingerprint density at radius 2 is 2.16 bits per heavy atom. The van der Waals surface area contributed by atoms with Crippen molar-refractivity contribution in [3.8, 4) is 11.8 Å². The van der Waals surface area contributed by atoms with E-state index in [2.05, 4.69) is 26.8 Å². The molecule has 0 spiro atoms. The minimum atomic E-state index is -0.251. The van der Waals surface area contributed by atoms with Gasteiger partial charge in [-0.3, -0.25) is 9.36 Å². The lowest BCUT2D eigenvalue weighted by Gasteiger charge is -2.31. The molecule has 0 radical (unpaired) electrons. The van der Waals surface area contributed by atoms with Crippen LogP contribution in [0.25, 0.3) is 22.1 Å². The third-order valence-electron chi connectivity index (χ3n) is 5.76. The number of imidazole rings is 1. The third-order valence-corrected chi connectivity index (χ3v) is 5.76. The van der Waals surface area contributed by atoms with Crippen molar-refractivity contribution in [1.82, 2.24) is 24.3 Å².